The number of hydrogen-bond donors (Lipinski definition) is 1. The van der Waals surface area contributed by atoms with Crippen LogP contribution in [-0.2, 0) is 26.2 Å². The summed E-state index contributed by atoms with van der Waals surface area (Å²) in [5, 5.41) is 2.96. The second-order valence-electron chi connectivity index (χ2n) is 7.29. The number of hydrogen-bond acceptors (Lipinski definition) is 3. The summed E-state index contributed by atoms with van der Waals surface area (Å²) >= 11 is 0. The molecule has 1 amide bonds. The fourth-order valence-electron chi connectivity index (χ4n) is 3.73. The minimum Gasteiger partial charge on any atom is -0.466 e. The Balaban J connectivity index is 1.69. The molecule has 0 heterocycles. The fraction of sp³-hybridized carbons (Fsp3) is 0.391. The number of carbonyl (C=O) groups excluding carboxylic acids is 2. The number of rotatable bonds is 8. The lowest BCUT2D eigenvalue weighted by Gasteiger charge is -2.41. The Bertz CT molecular complexity index is 800. The zero-order valence-corrected chi connectivity index (χ0v) is 16.1. The molecule has 4 nitrogen and oxygen atoms in total. The molecule has 28 heavy (non-hydrogen) atoms. The van der Waals surface area contributed by atoms with Crippen LogP contribution in [0.2, 0.25) is 0 Å². The lowest BCUT2D eigenvalue weighted by atomic mass is 9.63. The van der Waals surface area contributed by atoms with Crippen LogP contribution in [-0.4, -0.2) is 25.0 Å². The third-order valence-electron chi connectivity index (χ3n) is 5.49. The highest BCUT2D eigenvalue weighted by atomic mass is 19.1. The largest absolute Gasteiger partial charge is 0.466 e. The van der Waals surface area contributed by atoms with Gasteiger partial charge in [-0.05, 0) is 49.4 Å². The maximum Gasteiger partial charge on any atom is 0.311 e. The molecule has 0 bridgehead atoms. The minimum absolute atomic E-state index is 0.104. The summed E-state index contributed by atoms with van der Waals surface area (Å²) in [7, 11) is 0. The van der Waals surface area contributed by atoms with Gasteiger partial charge in [0.05, 0.1) is 17.9 Å². The number of benzene rings is 2. The molecule has 3 rings (SSSR count). The molecule has 5 heteroatoms. The molecule has 1 saturated carbocycles. The van der Waals surface area contributed by atoms with E-state index in [2.05, 4.69) is 5.32 Å². The topological polar surface area (TPSA) is 55.4 Å². The third kappa shape index (κ3) is 4.41. The predicted octanol–water partition coefficient (Wildman–Crippen LogP) is 3.79. The first-order valence-electron chi connectivity index (χ1n) is 9.80. The van der Waals surface area contributed by atoms with Crippen LogP contribution in [0.15, 0.2) is 54.6 Å². The molecular weight excluding hydrogens is 357 g/mol. The van der Waals surface area contributed by atoms with Crippen molar-refractivity contribution in [2.45, 2.75) is 38.0 Å². The monoisotopic (exact) mass is 383 g/mol. The Morgan fingerprint density at radius 2 is 1.79 bits per heavy atom. The highest BCUT2D eigenvalue weighted by Gasteiger charge is 2.45. The van der Waals surface area contributed by atoms with Gasteiger partial charge in [0.1, 0.15) is 5.82 Å². The van der Waals surface area contributed by atoms with Crippen LogP contribution >= 0.6 is 0 Å². The molecule has 0 spiro atoms. The molecule has 0 aliphatic heterocycles. The second kappa shape index (κ2) is 9.00. The summed E-state index contributed by atoms with van der Waals surface area (Å²) in [6.07, 6.45) is 2.92. The van der Waals surface area contributed by atoms with E-state index in [0.29, 0.717) is 13.0 Å². The lowest BCUT2D eigenvalue weighted by Crippen LogP contribution is -2.50. The van der Waals surface area contributed by atoms with Crippen LogP contribution in [0.1, 0.15) is 37.3 Å². The van der Waals surface area contributed by atoms with E-state index in [0.717, 1.165) is 30.4 Å². The molecule has 1 aliphatic rings. The lowest BCUT2D eigenvalue weighted by molar-refractivity contribution is -0.148. The van der Waals surface area contributed by atoms with Gasteiger partial charge in [0.2, 0.25) is 5.91 Å². The Labute approximate surface area is 165 Å². The summed E-state index contributed by atoms with van der Waals surface area (Å²) in [6.45, 7) is 2.29. The molecule has 0 saturated heterocycles. The molecule has 148 valence electrons. The van der Waals surface area contributed by atoms with Crippen molar-refractivity contribution in [1.82, 2.24) is 5.32 Å². The highest BCUT2D eigenvalue weighted by Crippen LogP contribution is 2.44. The van der Waals surface area contributed by atoms with Crippen molar-refractivity contribution in [2.24, 2.45) is 5.92 Å². The number of halogens is 1. The van der Waals surface area contributed by atoms with Crippen molar-refractivity contribution in [1.29, 1.82) is 0 Å². The number of esters is 1. The van der Waals surface area contributed by atoms with Crippen LogP contribution in [0.3, 0.4) is 0 Å². The maximum absolute atomic E-state index is 13.3. The number of carbonyl (C=O) groups is 2. The van der Waals surface area contributed by atoms with E-state index >= 15 is 0 Å². The molecule has 1 atom stereocenters. The molecule has 1 N–H and O–H groups in total. The van der Waals surface area contributed by atoms with Gasteiger partial charge in [-0.25, -0.2) is 4.39 Å². The smallest absolute Gasteiger partial charge is 0.311 e. The summed E-state index contributed by atoms with van der Waals surface area (Å²) < 4.78 is 18.5. The van der Waals surface area contributed by atoms with Crippen LogP contribution in [0, 0.1) is 11.7 Å². The van der Waals surface area contributed by atoms with E-state index in [1.54, 1.807) is 19.1 Å². The van der Waals surface area contributed by atoms with Gasteiger partial charge < -0.3 is 10.1 Å². The summed E-state index contributed by atoms with van der Waals surface area (Å²) in [6, 6.07) is 15.8. The first-order chi connectivity index (χ1) is 13.5. The van der Waals surface area contributed by atoms with E-state index < -0.39 is 11.3 Å². The maximum atomic E-state index is 13.3. The summed E-state index contributed by atoms with van der Waals surface area (Å²) in [4.78, 5) is 25.4. The average Bonchev–Trinajstić information content (AvgIpc) is 2.66. The van der Waals surface area contributed by atoms with Gasteiger partial charge >= 0.3 is 5.97 Å². The van der Waals surface area contributed by atoms with Crippen molar-refractivity contribution in [3.8, 4) is 0 Å². The Kier molecular flexibility index (Phi) is 6.45. The number of nitrogens with one attached hydrogen (secondary N) is 1. The predicted molar refractivity (Wildman–Crippen MR) is 105 cm³/mol. The third-order valence-corrected chi connectivity index (χ3v) is 5.49. The van der Waals surface area contributed by atoms with E-state index in [1.165, 1.54) is 12.1 Å². The SMILES string of the molecule is CCOC(=O)C(CNC(=O)C1(c2ccc(F)cc2)CCC1)Cc1ccccc1. The van der Waals surface area contributed by atoms with Gasteiger partial charge in [0.15, 0.2) is 0 Å². The first-order valence-corrected chi connectivity index (χ1v) is 9.80. The van der Waals surface area contributed by atoms with Crippen molar-refractivity contribution in [3.63, 3.8) is 0 Å². The van der Waals surface area contributed by atoms with Crippen LogP contribution < -0.4 is 5.32 Å². The normalized spacial score (nSPS) is 15.9. The van der Waals surface area contributed by atoms with Crippen molar-refractivity contribution in [2.75, 3.05) is 13.2 Å². The van der Waals surface area contributed by atoms with Gasteiger partial charge in [-0.15, -0.1) is 0 Å². The molecule has 1 unspecified atom stereocenters. The molecule has 1 aliphatic carbocycles. The molecule has 0 radical (unpaired) electrons. The van der Waals surface area contributed by atoms with Crippen LogP contribution in [0.4, 0.5) is 4.39 Å². The summed E-state index contributed by atoms with van der Waals surface area (Å²) in [5.41, 5.74) is 1.22. The Morgan fingerprint density at radius 3 is 2.36 bits per heavy atom. The zero-order chi connectivity index (χ0) is 20.0. The molecule has 0 aromatic heterocycles. The average molecular weight is 383 g/mol. The fourth-order valence-corrected chi connectivity index (χ4v) is 3.73. The number of ether oxygens (including phenoxy) is 1. The minimum atomic E-state index is -0.625. The van der Waals surface area contributed by atoms with Crippen LogP contribution in [0.5, 0.6) is 0 Å². The molecule has 2 aromatic rings. The van der Waals surface area contributed by atoms with E-state index in [-0.39, 0.29) is 24.2 Å². The van der Waals surface area contributed by atoms with Crippen molar-refractivity contribution >= 4 is 11.9 Å². The standard InChI is InChI=1S/C23H26FNO3/c1-2-28-21(26)18(15-17-7-4-3-5-8-17)16-25-22(27)23(13-6-14-23)19-9-11-20(24)12-10-19/h3-5,7-12,18H,2,6,13-16H2,1H3,(H,25,27). The second-order valence-corrected chi connectivity index (χ2v) is 7.29. The van der Waals surface area contributed by atoms with Gasteiger partial charge in [-0.3, -0.25) is 9.59 Å². The van der Waals surface area contributed by atoms with E-state index in [4.69, 9.17) is 4.74 Å². The first kappa shape index (κ1) is 20.1. The molecule has 2 aromatic carbocycles. The molecular formula is C23H26FNO3. The van der Waals surface area contributed by atoms with E-state index in [9.17, 15) is 14.0 Å². The van der Waals surface area contributed by atoms with Gasteiger partial charge in [0.25, 0.3) is 0 Å². The van der Waals surface area contributed by atoms with Gasteiger partial charge in [-0.2, -0.15) is 0 Å². The van der Waals surface area contributed by atoms with Crippen LogP contribution in [0.25, 0.3) is 0 Å². The van der Waals surface area contributed by atoms with Gasteiger partial charge in [0, 0.05) is 6.54 Å². The number of amides is 1. The quantitative estimate of drug-likeness (QED) is 0.706. The van der Waals surface area contributed by atoms with Crippen molar-refractivity contribution < 1.29 is 18.7 Å². The highest BCUT2D eigenvalue weighted by molar-refractivity contribution is 5.89. The Morgan fingerprint density at radius 1 is 1.11 bits per heavy atom. The van der Waals surface area contributed by atoms with Gasteiger partial charge in [-0.1, -0.05) is 48.9 Å². The summed E-state index contributed by atoms with van der Waals surface area (Å²) in [5.74, 6) is -1.18. The Hall–Kier alpha value is -2.69. The van der Waals surface area contributed by atoms with E-state index in [1.807, 2.05) is 30.3 Å². The zero-order valence-electron chi connectivity index (χ0n) is 16.1. The molecule has 1 fully saturated rings. The van der Waals surface area contributed by atoms with Crippen molar-refractivity contribution in [3.05, 3.63) is 71.5 Å².